The second-order valence-electron chi connectivity index (χ2n) is 10.3. The molecule has 0 spiro atoms. The predicted octanol–water partition coefficient (Wildman–Crippen LogP) is 7.82. The zero-order valence-electron chi connectivity index (χ0n) is 20.6. The number of rotatable bonds is 4. The summed E-state index contributed by atoms with van der Waals surface area (Å²) >= 11 is 0. The third-order valence-electron chi connectivity index (χ3n) is 8.78. The highest BCUT2D eigenvalue weighted by Gasteiger charge is 2.71. The Hall–Kier alpha value is -4.23. The predicted molar refractivity (Wildman–Crippen MR) is 151 cm³/mol. The van der Waals surface area contributed by atoms with Crippen molar-refractivity contribution in [2.24, 2.45) is 11.8 Å². The zero-order valence-corrected chi connectivity index (χ0v) is 20.6. The molecule has 1 nitrogen and oxygen atoms in total. The maximum absolute atomic E-state index is 15.4. The molecule has 4 atom stereocenters. The van der Waals surface area contributed by atoms with E-state index in [1.807, 2.05) is 18.2 Å². The van der Waals surface area contributed by atoms with Crippen LogP contribution in [0.5, 0.6) is 0 Å². The van der Waals surface area contributed by atoms with Crippen molar-refractivity contribution < 1.29 is 4.79 Å². The number of allylic oxidation sites excluding steroid dienone is 6. The van der Waals surface area contributed by atoms with Gasteiger partial charge in [0.1, 0.15) is 0 Å². The summed E-state index contributed by atoms with van der Waals surface area (Å²) in [5, 5.41) is 0. The molecule has 4 aromatic rings. The number of benzene rings is 4. The van der Waals surface area contributed by atoms with E-state index in [0.717, 1.165) is 34.3 Å². The van der Waals surface area contributed by atoms with Crippen molar-refractivity contribution in [1.29, 1.82) is 0 Å². The third kappa shape index (κ3) is 2.83. The van der Waals surface area contributed by atoms with Crippen molar-refractivity contribution >= 4 is 16.9 Å². The van der Waals surface area contributed by atoms with Crippen LogP contribution in [0.2, 0.25) is 0 Å². The highest BCUT2D eigenvalue weighted by atomic mass is 16.1. The zero-order chi connectivity index (χ0) is 24.9. The van der Waals surface area contributed by atoms with E-state index in [1.165, 1.54) is 5.56 Å². The van der Waals surface area contributed by atoms with Gasteiger partial charge >= 0.3 is 0 Å². The summed E-state index contributed by atoms with van der Waals surface area (Å²) in [6.45, 7) is 0. The monoisotopic (exact) mass is 476 g/mol. The van der Waals surface area contributed by atoms with E-state index >= 15 is 4.79 Å². The first-order valence-electron chi connectivity index (χ1n) is 13.2. The lowest BCUT2D eigenvalue weighted by molar-refractivity contribution is -0.122. The molecule has 1 heteroatoms. The molecule has 2 bridgehead atoms. The van der Waals surface area contributed by atoms with Gasteiger partial charge < -0.3 is 0 Å². The molecule has 0 unspecified atom stereocenters. The van der Waals surface area contributed by atoms with E-state index in [2.05, 4.69) is 127 Å². The van der Waals surface area contributed by atoms with E-state index in [9.17, 15) is 0 Å². The van der Waals surface area contributed by atoms with Gasteiger partial charge in [-0.1, -0.05) is 146 Å². The molecule has 4 aliphatic carbocycles. The second-order valence-corrected chi connectivity index (χ2v) is 10.3. The van der Waals surface area contributed by atoms with Crippen LogP contribution in [-0.4, -0.2) is 5.78 Å². The molecule has 0 heterocycles. The van der Waals surface area contributed by atoms with E-state index < -0.39 is 10.8 Å². The molecule has 0 N–H and O–H groups in total. The van der Waals surface area contributed by atoms with Gasteiger partial charge in [0.05, 0.1) is 5.41 Å². The van der Waals surface area contributed by atoms with Crippen LogP contribution in [0.25, 0.3) is 11.1 Å². The molecule has 4 aromatic carbocycles. The van der Waals surface area contributed by atoms with Crippen molar-refractivity contribution in [3.8, 4) is 0 Å². The van der Waals surface area contributed by atoms with Gasteiger partial charge in [-0.2, -0.15) is 0 Å². The average Bonchev–Trinajstić information content (AvgIpc) is 3.13. The summed E-state index contributed by atoms with van der Waals surface area (Å²) < 4.78 is 0. The number of hydrogen-bond donors (Lipinski definition) is 0. The van der Waals surface area contributed by atoms with E-state index in [0.29, 0.717) is 0 Å². The van der Waals surface area contributed by atoms with Crippen LogP contribution >= 0.6 is 0 Å². The Kier molecular flexibility index (Phi) is 5.01. The molecule has 0 saturated carbocycles. The Labute approximate surface area is 218 Å². The molecule has 0 aromatic heterocycles. The van der Waals surface area contributed by atoms with Crippen molar-refractivity contribution in [3.05, 3.63) is 168 Å². The van der Waals surface area contributed by atoms with Gasteiger partial charge in [-0.15, -0.1) is 0 Å². The first-order chi connectivity index (χ1) is 18.3. The number of carbonyl (C=O) groups excluding carboxylic acids is 1. The van der Waals surface area contributed by atoms with Crippen LogP contribution in [0.4, 0.5) is 0 Å². The average molecular weight is 477 g/mol. The van der Waals surface area contributed by atoms with Crippen LogP contribution < -0.4 is 0 Å². The molecule has 0 aliphatic heterocycles. The summed E-state index contributed by atoms with van der Waals surface area (Å²) in [5.74, 6) is 0.308. The van der Waals surface area contributed by atoms with Crippen molar-refractivity contribution in [2.75, 3.05) is 0 Å². The van der Waals surface area contributed by atoms with Gasteiger partial charge in [0, 0.05) is 16.9 Å². The van der Waals surface area contributed by atoms with Gasteiger partial charge in [0.15, 0.2) is 5.78 Å². The summed E-state index contributed by atoms with van der Waals surface area (Å²) in [5.41, 5.74) is 5.05. The van der Waals surface area contributed by atoms with Crippen molar-refractivity contribution in [1.82, 2.24) is 0 Å². The lowest BCUT2D eigenvalue weighted by atomic mass is 9.45. The summed E-state index contributed by atoms with van der Waals surface area (Å²) in [4.78, 5) is 15.4. The first kappa shape index (κ1) is 22.0. The maximum Gasteiger partial charge on any atom is 0.176 e. The summed E-state index contributed by atoms with van der Waals surface area (Å²) in [6.07, 6.45) is 10.2. The quantitative estimate of drug-likeness (QED) is 0.274. The molecule has 0 saturated heterocycles. The molecular formula is C36H28O. The normalized spacial score (nSPS) is 27.8. The third-order valence-corrected chi connectivity index (χ3v) is 8.78. The van der Waals surface area contributed by atoms with Crippen LogP contribution in [0.1, 0.15) is 28.7 Å². The fourth-order valence-electron chi connectivity index (χ4n) is 7.55. The highest BCUT2D eigenvalue weighted by Crippen LogP contribution is 2.70. The van der Waals surface area contributed by atoms with Gasteiger partial charge in [-0.3, -0.25) is 4.79 Å². The topological polar surface area (TPSA) is 17.1 Å². The van der Waals surface area contributed by atoms with E-state index in [-0.39, 0.29) is 17.6 Å². The van der Waals surface area contributed by atoms with Crippen LogP contribution in [0, 0.1) is 11.8 Å². The van der Waals surface area contributed by atoms with Crippen LogP contribution in [-0.2, 0) is 15.6 Å². The van der Waals surface area contributed by atoms with Crippen LogP contribution in [0.3, 0.4) is 0 Å². The standard InChI is InChI=1S/C36H28O/c37-34-32(26-14-5-1-6-15-26)33(27-16-7-2-8-17-27)35(28-18-9-3-10-19-28)30-22-13-23-31(25-24-30)36(34,35)29-20-11-4-12-21-29/h1-22,24-25,30-31H,23H2/t30-,31-,35+,36-/m0/s1. The Morgan fingerprint density at radius 3 is 1.65 bits per heavy atom. The largest absolute Gasteiger partial charge is 0.293 e. The van der Waals surface area contributed by atoms with Gasteiger partial charge in [0.2, 0.25) is 0 Å². The van der Waals surface area contributed by atoms with Gasteiger partial charge in [-0.25, -0.2) is 0 Å². The SMILES string of the molecule is O=C1C(c2ccccc2)=C(c2ccccc2)[C@@]2(c3ccccc3)[C@H]3C=CC[C@@H](C=C3)[C@@]12c1ccccc1. The minimum absolute atomic E-state index is 0.0363. The first-order valence-corrected chi connectivity index (χ1v) is 13.2. The number of fused-ring (bicyclic) bond motifs is 1. The molecule has 0 radical (unpaired) electrons. The molecule has 8 rings (SSSR count). The smallest absolute Gasteiger partial charge is 0.176 e. The van der Waals surface area contributed by atoms with Gasteiger partial charge in [-0.05, 0) is 40.2 Å². The van der Waals surface area contributed by atoms with E-state index in [1.54, 1.807) is 0 Å². The number of hydrogen-bond acceptors (Lipinski definition) is 1. The van der Waals surface area contributed by atoms with Crippen LogP contribution in [0.15, 0.2) is 146 Å². The van der Waals surface area contributed by atoms with Crippen molar-refractivity contribution in [3.63, 3.8) is 0 Å². The Morgan fingerprint density at radius 1 is 0.541 bits per heavy atom. The minimum atomic E-state index is -0.769. The lowest BCUT2D eigenvalue weighted by Gasteiger charge is -2.55. The number of ketones is 1. The second kappa shape index (κ2) is 8.42. The Morgan fingerprint density at radius 2 is 1.05 bits per heavy atom. The molecule has 37 heavy (non-hydrogen) atoms. The lowest BCUT2D eigenvalue weighted by Crippen LogP contribution is -2.59. The fourth-order valence-corrected chi connectivity index (χ4v) is 7.55. The Bertz CT molecular complexity index is 1550. The Balaban J connectivity index is 1.72. The van der Waals surface area contributed by atoms with Crippen molar-refractivity contribution in [2.45, 2.75) is 17.3 Å². The van der Waals surface area contributed by atoms with Gasteiger partial charge in [0.25, 0.3) is 0 Å². The molecule has 0 fully saturated rings. The molecule has 0 amide bonds. The summed E-state index contributed by atoms with van der Waals surface area (Å²) in [7, 11) is 0. The number of Topliss-reactive ketones (excluding diaryl/α,β-unsaturated/α-hetero) is 1. The maximum atomic E-state index is 15.4. The molecule has 178 valence electrons. The number of carbonyl (C=O) groups is 1. The minimum Gasteiger partial charge on any atom is -0.293 e. The summed E-state index contributed by atoms with van der Waals surface area (Å²) in [6, 6.07) is 42.3. The van der Waals surface area contributed by atoms with E-state index in [4.69, 9.17) is 0 Å². The molecule has 4 aliphatic rings. The molecular weight excluding hydrogens is 448 g/mol. The fraction of sp³-hybridized carbons (Fsp3) is 0.139. The highest BCUT2D eigenvalue weighted by molar-refractivity contribution is 6.38.